The van der Waals surface area contributed by atoms with Crippen LogP contribution in [-0.4, -0.2) is 52.1 Å². The summed E-state index contributed by atoms with van der Waals surface area (Å²) in [5.41, 5.74) is 2.91. The number of piperidine rings is 1. The SMILES string of the molecule is COc1ccccc1CNC(=O)C1CCCN(C(=O)c2cc(-c3ccncc3)n[nH]2)C1. The van der Waals surface area contributed by atoms with Crippen LogP contribution in [0.25, 0.3) is 11.3 Å². The van der Waals surface area contributed by atoms with Crippen molar-refractivity contribution in [2.75, 3.05) is 20.2 Å². The Labute approximate surface area is 180 Å². The van der Waals surface area contributed by atoms with Crippen LogP contribution in [0.1, 0.15) is 28.9 Å². The molecule has 0 radical (unpaired) electrons. The molecule has 2 amide bonds. The van der Waals surface area contributed by atoms with Crippen molar-refractivity contribution in [3.05, 3.63) is 66.1 Å². The van der Waals surface area contributed by atoms with Gasteiger partial charge in [0, 0.05) is 43.2 Å². The number of nitrogens with one attached hydrogen (secondary N) is 2. The molecule has 2 N–H and O–H groups in total. The number of carbonyl (C=O) groups is 2. The second-order valence-electron chi connectivity index (χ2n) is 7.52. The Morgan fingerprint density at radius 1 is 1.23 bits per heavy atom. The van der Waals surface area contributed by atoms with E-state index in [1.165, 1.54) is 0 Å². The molecule has 31 heavy (non-hydrogen) atoms. The topological polar surface area (TPSA) is 100 Å². The molecule has 4 rings (SSSR count). The van der Waals surface area contributed by atoms with Crippen molar-refractivity contribution in [3.8, 4) is 17.0 Å². The van der Waals surface area contributed by atoms with Crippen LogP contribution in [0.2, 0.25) is 0 Å². The van der Waals surface area contributed by atoms with Gasteiger partial charge < -0.3 is 15.0 Å². The molecule has 8 heteroatoms. The number of para-hydroxylation sites is 1. The largest absolute Gasteiger partial charge is 0.496 e. The number of ether oxygens (including phenoxy) is 1. The monoisotopic (exact) mass is 419 g/mol. The number of rotatable bonds is 6. The highest BCUT2D eigenvalue weighted by atomic mass is 16.5. The van der Waals surface area contributed by atoms with E-state index < -0.39 is 0 Å². The minimum Gasteiger partial charge on any atom is -0.496 e. The number of aromatic nitrogens is 3. The number of hydrogen-bond donors (Lipinski definition) is 2. The minimum absolute atomic E-state index is 0.0505. The number of H-pyrrole nitrogens is 1. The van der Waals surface area contributed by atoms with Crippen LogP contribution >= 0.6 is 0 Å². The molecule has 1 aliphatic heterocycles. The Morgan fingerprint density at radius 3 is 2.84 bits per heavy atom. The minimum atomic E-state index is -0.241. The van der Waals surface area contributed by atoms with Crippen LogP contribution in [0.3, 0.4) is 0 Å². The second kappa shape index (κ2) is 9.42. The molecule has 0 aliphatic carbocycles. The van der Waals surface area contributed by atoms with Crippen LogP contribution in [0.4, 0.5) is 0 Å². The second-order valence-corrected chi connectivity index (χ2v) is 7.52. The van der Waals surface area contributed by atoms with E-state index >= 15 is 0 Å². The van der Waals surface area contributed by atoms with Crippen LogP contribution in [0, 0.1) is 5.92 Å². The van der Waals surface area contributed by atoms with Crippen molar-refractivity contribution in [3.63, 3.8) is 0 Å². The zero-order chi connectivity index (χ0) is 21.6. The molecule has 1 aromatic carbocycles. The summed E-state index contributed by atoms with van der Waals surface area (Å²) in [6.07, 6.45) is 4.91. The fraction of sp³-hybridized carbons (Fsp3) is 0.304. The number of hydrogen-bond acceptors (Lipinski definition) is 5. The van der Waals surface area contributed by atoms with Crippen LogP contribution in [0.5, 0.6) is 5.75 Å². The summed E-state index contributed by atoms with van der Waals surface area (Å²) in [5, 5.41) is 10.1. The normalized spacial score (nSPS) is 16.0. The van der Waals surface area contributed by atoms with Crippen molar-refractivity contribution in [2.24, 2.45) is 5.92 Å². The molecule has 0 spiro atoms. The fourth-order valence-corrected chi connectivity index (χ4v) is 3.82. The summed E-state index contributed by atoms with van der Waals surface area (Å²) < 4.78 is 5.34. The molecular weight excluding hydrogens is 394 g/mol. The van der Waals surface area contributed by atoms with E-state index in [9.17, 15) is 9.59 Å². The summed E-state index contributed by atoms with van der Waals surface area (Å²) in [7, 11) is 1.61. The number of nitrogens with zero attached hydrogens (tertiary/aromatic N) is 3. The maximum atomic E-state index is 13.0. The lowest BCUT2D eigenvalue weighted by molar-refractivity contribution is -0.126. The number of pyridine rings is 1. The fourth-order valence-electron chi connectivity index (χ4n) is 3.82. The standard InChI is InChI=1S/C23H25N5O3/c1-31-21-7-3-2-5-17(21)14-25-22(29)18-6-4-12-28(15-18)23(30)20-13-19(26-27-20)16-8-10-24-11-9-16/h2-3,5,7-11,13,18H,4,6,12,14-15H2,1H3,(H,25,29)(H,26,27). The first-order valence-electron chi connectivity index (χ1n) is 10.3. The number of amides is 2. The van der Waals surface area contributed by atoms with Crippen molar-refractivity contribution >= 4 is 11.8 Å². The first kappa shape index (κ1) is 20.6. The summed E-state index contributed by atoms with van der Waals surface area (Å²) in [6.45, 7) is 1.40. The van der Waals surface area contributed by atoms with E-state index in [2.05, 4.69) is 20.5 Å². The van der Waals surface area contributed by atoms with Gasteiger partial charge in [-0.25, -0.2) is 0 Å². The predicted octanol–water partition coefficient (Wildman–Crippen LogP) is 2.65. The average molecular weight is 419 g/mol. The van der Waals surface area contributed by atoms with Crippen LogP contribution in [0.15, 0.2) is 54.9 Å². The van der Waals surface area contributed by atoms with Crippen molar-refractivity contribution in [1.29, 1.82) is 0 Å². The molecular formula is C23H25N5O3. The average Bonchev–Trinajstić information content (AvgIpc) is 3.33. The van der Waals surface area contributed by atoms with Crippen molar-refractivity contribution < 1.29 is 14.3 Å². The molecule has 1 fully saturated rings. The quantitative estimate of drug-likeness (QED) is 0.640. The Morgan fingerprint density at radius 2 is 2.03 bits per heavy atom. The third kappa shape index (κ3) is 4.74. The van der Waals surface area contributed by atoms with Gasteiger partial charge in [-0.1, -0.05) is 18.2 Å². The Bertz CT molecular complexity index is 1050. The highest BCUT2D eigenvalue weighted by molar-refractivity contribution is 5.94. The van der Waals surface area contributed by atoms with E-state index in [0.717, 1.165) is 29.7 Å². The molecule has 3 heterocycles. The Hall–Kier alpha value is -3.68. The van der Waals surface area contributed by atoms with Crippen molar-refractivity contribution in [1.82, 2.24) is 25.4 Å². The van der Waals surface area contributed by atoms with Gasteiger partial charge in [-0.2, -0.15) is 5.10 Å². The van der Waals surface area contributed by atoms with E-state index in [-0.39, 0.29) is 17.7 Å². The van der Waals surface area contributed by atoms with E-state index in [0.29, 0.717) is 31.0 Å². The lowest BCUT2D eigenvalue weighted by Crippen LogP contribution is -2.45. The van der Waals surface area contributed by atoms with Crippen LogP contribution in [-0.2, 0) is 11.3 Å². The van der Waals surface area contributed by atoms with Gasteiger partial charge in [-0.15, -0.1) is 0 Å². The van der Waals surface area contributed by atoms with Gasteiger partial charge in [0.2, 0.25) is 5.91 Å². The molecule has 3 aromatic rings. The molecule has 0 bridgehead atoms. The molecule has 2 aromatic heterocycles. The number of benzene rings is 1. The lowest BCUT2D eigenvalue weighted by Gasteiger charge is -2.31. The molecule has 1 saturated heterocycles. The Kier molecular flexibility index (Phi) is 6.26. The van der Waals surface area contributed by atoms with Crippen molar-refractivity contribution in [2.45, 2.75) is 19.4 Å². The summed E-state index contributed by atoms with van der Waals surface area (Å²) >= 11 is 0. The number of likely N-dealkylation sites (tertiary alicyclic amines) is 1. The molecule has 160 valence electrons. The van der Waals surface area contributed by atoms with Gasteiger partial charge in [0.25, 0.3) is 5.91 Å². The maximum absolute atomic E-state index is 13.0. The van der Waals surface area contributed by atoms with E-state index in [4.69, 9.17) is 4.74 Å². The molecule has 8 nitrogen and oxygen atoms in total. The van der Waals surface area contributed by atoms with Gasteiger partial charge in [0.05, 0.1) is 18.7 Å². The molecule has 1 atom stereocenters. The Balaban J connectivity index is 1.37. The highest BCUT2D eigenvalue weighted by Crippen LogP contribution is 2.22. The van der Waals surface area contributed by atoms with E-state index in [1.807, 2.05) is 36.4 Å². The third-order valence-corrected chi connectivity index (χ3v) is 5.51. The summed E-state index contributed by atoms with van der Waals surface area (Å²) in [6, 6.07) is 13.0. The number of aromatic amines is 1. The summed E-state index contributed by atoms with van der Waals surface area (Å²) in [5.74, 6) is 0.308. The zero-order valence-electron chi connectivity index (χ0n) is 17.4. The van der Waals surface area contributed by atoms with Gasteiger partial charge in [-0.05, 0) is 37.1 Å². The van der Waals surface area contributed by atoms with Crippen LogP contribution < -0.4 is 10.1 Å². The van der Waals surface area contributed by atoms with Gasteiger partial charge in [-0.3, -0.25) is 19.7 Å². The maximum Gasteiger partial charge on any atom is 0.271 e. The molecule has 1 unspecified atom stereocenters. The number of methoxy groups -OCH3 is 1. The predicted molar refractivity (Wildman–Crippen MR) is 115 cm³/mol. The number of carbonyl (C=O) groups excluding carboxylic acids is 2. The van der Waals surface area contributed by atoms with Gasteiger partial charge in [0.15, 0.2) is 0 Å². The smallest absolute Gasteiger partial charge is 0.271 e. The third-order valence-electron chi connectivity index (χ3n) is 5.51. The zero-order valence-corrected chi connectivity index (χ0v) is 17.4. The first-order chi connectivity index (χ1) is 15.2. The lowest BCUT2D eigenvalue weighted by atomic mass is 9.96. The van der Waals surface area contributed by atoms with E-state index in [1.54, 1.807) is 30.5 Å². The molecule has 0 saturated carbocycles. The summed E-state index contributed by atoms with van der Waals surface area (Å²) in [4.78, 5) is 31.4. The van der Waals surface area contributed by atoms with Gasteiger partial charge in [0.1, 0.15) is 11.4 Å². The van der Waals surface area contributed by atoms with Gasteiger partial charge >= 0.3 is 0 Å². The molecule has 1 aliphatic rings. The first-order valence-corrected chi connectivity index (χ1v) is 10.3. The highest BCUT2D eigenvalue weighted by Gasteiger charge is 2.29.